The molecule has 0 saturated heterocycles. The van der Waals surface area contributed by atoms with Crippen molar-refractivity contribution in [3.05, 3.63) is 11.8 Å². The lowest BCUT2D eigenvalue weighted by Crippen LogP contribution is -3.14. The molecule has 0 aromatic rings. The normalized spacial score (nSPS) is 22.6. The van der Waals surface area contributed by atoms with Crippen molar-refractivity contribution < 1.29 is 9.69 Å². The fraction of sp³-hybridized carbons (Fsp3) is 0.765. The zero-order chi connectivity index (χ0) is 15.8. The summed E-state index contributed by atoms with van der Waals surface area (Å²) in [5.41, 5.74) is 0.911. The van der Waals surface area contributed by atoms with Crippen LogP contribution in [-0.4, -0.2) is 12.5 Å². The van der Waals surface area contributed by atoms with Gasteiger partial charge in [0.1, 0.15) is 11.8 Å². The number of rotatable bonds is 2. The van der Waals surface area contributed by atoms with Crippen molar-refractivity contribution in [2.75, 3.05) is 6.54 Å². The molecule has 20 heavy (non-hydrogen) atoms. The van der Waals surface area contributed by atoms with E-state index in [0.29, 0.717) is 0 Å². The predicted molar refractivity (Wildman–Crippen MR) is 80.8 cm³/mol. The van der Waals surface area contributed by atoms with E-state index in [1.165, 1.54) is 0 Å². The van der Waals surface area contributed by atoms with E-state index in [0.717, 1.165) is 23.4 Å². The van der Waals surface area contributed by atoms with Crippen LogP contribution in [0.3, 0.4) is 0 Å². The van der Waals surface area contributed by atoms with E-state index in [1.54, 1.807) is 0 Å². The van der Waals surface area contributed by atoms with Gasteiger partial charge in [-0.1, -0.05) is 27.7 Å². The highest BCUT2D eigenvalue weighted by molar-refractivity contribution is 5.73. The van der Waals surface area contributed by atoms with Gasteiger partial charge in [-0.25, -0.2) is 9.69 Å². The Bertz CT molecular complexity index is 458. The number of nitrogens with one attached hydrogen (secondary N) is 1. The molecule has 1 aliphatic rings. The van der Waals surface area contributed by atoms with Crippen LogP contribution in [0.5, 0.6) is 0 Å². The standard InChI is InChI=1S/C17H28N2O/c1-15(2,3)14(20)19(9-8-18)13-10-16(4,5)12-17(6,7)11-13/h10H,9,11-12H2,1-7H3/p+1. The second-order valence-electron chi connectivity index (χ2n) is 8.57. The van der Waals surface area contributed by atoms with E-state index in [-0.39, 0.29) is 23.3 Å². The van der Waals surface area contributed by atoms with Crippen LogP contribution in [-0.2, 0) is 4.79 Å². The number of hydrogen-bond donors (Lipinski definition) is 1. The highest BCUT2D eigenvalue weighted by atomic mass is 16.2. The highest BCUT2D eigenvalue weighted by Crippen LogP contribution is 2.43. The number of allylic oxidation sites excluding steroid dienone is 2. The molecule has 112 valence electrons. The maximum absolute atomic E-state index is 12.6. The Morgan fingerprint density at radius 3 is 2.30 bits per heavy atom. The summed E-state index contributed by atoms with van der Waals surface area (Å²) in [7, 11) is 0. The van der Waals surface area contributed by atoms with E-state index >= 15 is 0 Å². The largest absolute Gasteiger partial charge is 0.322 e. The van der Waals surface area contributed by atoms with Crippen molar-refractivity contribution >= 4 is 5.91 Å². The molecule has 0 aromatic heterocycles. The Morgan fingerprint density at radius 1 is 1.35 bits per heavy atom. The van der Waals surface area contributed by atoms with Gasteiger partial charge in [0, 0.05) is 6.42 Å². The van der Waals surface area contributed by atoms with Crippen LogP contribution in [0.2, 0.25) is 0 Å². The molecule has 1 amide bonds. The summed E-state index contributed by atoms with van der Waals surface area (Å²) in [5, 5.41) is 9.09. The molecule has 0 fully saturated rings. The fourth-order valence-electron chi connectivity index (χ4n) is 3.45. The van der Waals surface area contributed by atoms with Crippen LogP contribution in [0.4, 0.5) is 0 Å². The van der Waals surface area contributed by atoms with Crippen LogP contribution < -0.4 is 4.90 Å². The lowest BCUT2D eigenvalue weighted by molar-refractivity contribution is -0.777. The molecule has 3 nitrogen and oxygen atoms in total. The second-order valence-corrected chi connectivity index (χ2v) is 8.57. The Labute approximate surface area is 123 Å². The van der Waals surface area contributed by atoms with Crippen LogP contribution in [0.15, 0.2) is 11.8 Å². The third kappa shape index (κ3) is 4.18. The van der Waals surface area contributed by atoms with Gasteiger partial charge in [0.25, 0.3) is 0 Å². The van der Waals surface area contributed by atoms with Crippen molar-refractivity contribution in [3.63, 3.8) is 0 Å². The van der Waals surface area contributed by atoms with Gasteiger partial charge in [0.15, 0.2) is 6.54 Å². The number of amides is 1. The molecule has 0 radical (unpaired) electrons. The molecule has 3 heteroatoms. The van der Waals surface area contributed by atoms with Crippen LogP contribution in [0, 0.1) is 27.6 Å². The Kier molecular flexibility index (Phi) is 4.51. The minimum Gasteiger partial charge on any atom is -0.231 e. The smallest absolute Gasteiger partial charge is 0.231 e. The van der Waals surface area contributed by atoms with Gasteiger partial charge in [-0.15, -0.1) is 0 Å². The van der Waals surface area contributed by atoms with E-state index in [9.17, 15) is 4.79 Å². The van der Waals surface area contributed by atoms with Gasteiger partial charge < -0.3 is 0 Å². The first-order valence-electron chi connectivity index (χ1n) is 7.38. The van der Waals surface area contributed by atoms with Gasteiger partial charge in [-0.05, 0) is 44.1 Å². The Morgan fingerprint density at radius 2 is 1.90 bits per heavy atom. The fourth-order valence-corrected chi connectivity index (χ4v) is 3.45. The first kappa shape index (κ1) is 16.9. The first-order valence-corrected chi connectivity index (χ1v) is 7.38. The Hall–Kier alpha value is -1.14. The van der Waals surface area contributed by atoms with E-state index in [1.807, 2.05) is 20.8 Å². The lowest BCUT2D eigenvalue weighted by atomic mass is 9.68. The molecule has 0 spiro atoms. The van der Waals surface area contributed by atoms with Gasteiger partial charge in [-0.2, -0.15) is 5.26 Å². The van der Waals surface area contributed by atoms with Gasteiger partial charge >= 0.3 is 5.91 Å². The number of nitriles is 1. The number of quaternary nitrogens is 1. The first-order chi connectivity index (χ1) is 8.88. The topological polar surface area (TPSA) is 45.3 Å². The summed E-state index contributed by atoms with van der Waals surface area (Å²) in [4.78, 5) is 13.4. The molecule has 1 N–H and O–H groups in total. The highest BCUT2D eigenvalue weighted by Gasteiger charge is 2.41. The summed E-state index contributed by atoms with van der Waals surface area (Å²) in [6.07, 6.45) is 4.21. The van der Waals surface area contributed by atoms with Crippen LogP contribution >= 0.6 is 0 Å². The van der Waals surface area contributed by atoms with Crippen molar-refractivity contribution in [1.29, 1.82) is 5.26 Å². The molecule has 0 heterocycles. The van der Waals surface area contributed by atoms with Crippen LogP contribution in [0.1, 0.15) is 61.3 Å². The zero-order valence-electron chi connectivity index (χ0n) is 14.1. The summed E-state index contributed by atoms with van der Waals surface area (Å²) < 4.78 is 0. The molecule has 1 unspecified atom stereocenters. The van der Waals surface area contributed by atoms with Gasteiger partial charge in [-0.3, -0.25) is 0 Å². The van der Waals surface area contributed by atoms with E-state index in [4.69, 9.17) is 5.26 Å². The third-order valence-corrected chi connectivity index (χ3v) is 3.77. The summed E-state index contributed by atoms with van der Waals surface area (Å²) in [5.74, 6) is 0.110. The van der Waals surface area contributed by atoms with E-state index in [2.05, 4.69) is 39.8 Å². The maximum Gasteiger partial charge on any atom is 0.322 e. The molecule has 1 rings (SSSR count). The number of carbonyl (C=O) groups is 1. The van der Waals surface area contributed by atoms with Gasteiger partial charge in [0.2, 0.25) is 0 Å². The van der Waals surface area contributed by atoms with Crippen molar-refractivity contribution in [3.8, 4) is 6.07 Å². The second kappa shape index (κ2) is 5.33. The maximum atomic E-state index is 12.6. The monoisotopic (exact) mass is 277 g/mol. The molecule has 0 bridgehead atoms. The number of carbonyl (C=O) groups excluding carboxylic acids is 1. The molecule has 0 saturated carbocycles. The lowest BCUT2D eigenvalue weighted by Gasteiger charge is -2.40. The minimum absolute atomic E-state index is 0.0793. The molecule has 0 aromatic carbocycles. The SMILES string of the molecule is CC1(C)C=C([NH+](CC#N)C(=O)C(C)(C)C)CC(C)(C)C1. The quantitative estimate of drug-likeness (QED) is 0.789. The molecular weight excluding hydrogens is 248 g/mol. The number of hydrogen-bond acceptors (Lipinski definition) is 2. The summed E-state index contributed by atoms with van der Waals surface area (Å²) >= 11 is 0. The summed E-state index contributed by atoms with van der Waals surface area (Å²) in [6, 6.07) is 2.17. The minimum atomic E-state index is -0.432. The Balaban J connectivity index is 3.19. The van der Waals surface area contributed by atoms with Crippen molar-refractivity contribution in [1.82, 2.24) is 0 Å². The molecule has 1 aliphatic carbocycles. The predicted octanol–water partition coefficient (Wildman–Crippen LogP) is 2.70. The average Bonchev–Trinajstić information content (AvgIpc) is 2.19. The molecule has 1 atom stereocenters. The van der Waals surface area contributed by atoms with Gasteiger partial charge in [0.05, 0.1) is 5.41 Å². The molecule has 0 aliphatic heterocycles. The zero-order valence-corrected chi connectivity index (χ0v) is 14.1. The average molecular weight is 277 g/mol. The number of nitrogens with zero attached hydrogens (tertiary/aromatic N) is 1. The van der Waals surface area contributed by atoms with Crippen molar-refractivity contribution in [2.24, 2.45) is 16.2 Å². The van der Waals surface area contributed by atoms with E-state index < -0.39 is 5.41 Å². The molecular formula is C17H29N2O+. The third-order valence-electron chi connectivity index (χ3n) is 3.77. The van der Waals surface area contributed by atoms with Crippen molar-refractivity contribution in [2.45, 2.75) is 61.3 Å². The summed E-state index contributed by atoms with van der Waals surface area (Å²) in [6.45, 7) is 14.9. The van der Waals surface area contributed by atoms with Crippen LogP contribution in [0.25, 0.3) is 0 Å².